The summed E-state index contributed by atoms with van der Waals surface area (Å²) < 4.78 is 10.1. The summed E-state index contributed by atoms with van der Waals surface area (Å²) in [5.41, 5.74) is 3.44. The highest BCUT2D eigenvalue weighted by molar-refractivity contribution is 6.36. The van der Waals surface area contributed by atoms with Crippen LogP contribution in [0.15, 0.2) is 48.5 Å². The normalized spacial score (nSPS) is 16.8. The number of morpholine rings is 1. The van der Waals surface area contributed by atoms with Crippen LogP contribution in [0.2, 0.25) is 0 Å². The van der Waals surface area contributed by atoms with Crippen molar-refractivity contribution in [1.82, 2.24) is 10.2 Å². The first kappa shape index (κ1) is 21.6. The smallest absolute Gasteiger partial charge is 0.337 e. The second-order valence-corrected chi connectivity index (χ2v) is 7.49. The van der Waals surface area contributed by atoms with Gasteiger partial charge in [-0.25, -0.2) is 4.79 Å². The van der Waals surface area contributed by atoms with Crippen LogP contribution in [0.25, 0.3) is 11.3 Å². The number of amides is 2. The second-order valence-electron chi connectivity index (χ2n) is 7.49. The van der Waals surface area contributed by atoms with Crippen molar-refractivity contribution in [3.63, 3.8) is 0 Å². The number of anilines is 1. The van der Waals surface area contributed by atoms with Crippen LogP contribution in [0.5, 0.6) is 0 Å². The number of nitrogens with one attached hydrogen (secondary N) is 2. The molecule has 2 heterocycles. The van der Waals surface area contributed by atoms with E-state index in [-0.39, 0.29) is 11.8 Å². The van der Waals surface area contributed by atoms with E-state index in [1.165, 1.54) is 7.11 Å². The number of esters is 1. The zero-order valence-corrected chi connectivity index (χ0v) is 17.8. The zero-order chi connectivity index (χ0) is 22.5. The van der Waals surface area contributed by atoms with Gasteiger partial charge in [0, 0.05) is 37.3 Å². The molecule has 1 fully saturated rings. The van der Waals surface area contributed by atoms with Crippen molar-refractivity contribution in [1.29, 1.82) is 0 Å². The van der Waals surface area contributed by atoms with Gasteiger partial charge in [-0.1, -0.05) is 30.3 Å². The fourth-order valence-corrected chi connectivity index (χ4v) is 3.87. The third-order valence-electron chi connectivity index (χ3n) is 5.50. The van der Waals surface area contributed by atoms with Crippen LogP contribution in [-0.4, -0.2) is 62.6 Å². The first-order valence-corrected chi connectivity index (χ1v) is 10.5. The summed E-state index contributed by atoms with van der Waals surface area (Å²) >= 11 is 0. The molecule has 0 spiro atoms. The summed E-state index contributed by atoms with van der Waals surface area (Å²) in [6, 6.07) is 14.4. The van der Waals surface area contributed by atoms with Crippen molar-refractivity contribution in [3.05, 3.63) is 65.2 Å². The van der Waals surface area contributed by atoms with E-state index in [4.69, 9.17) is 9.47 Å². The Morgan fingerprint density at radius 1 is 1.09 bits per heavy atom. The Hall–Kier alpha value is -3.65. The molecule has 0 aromatic heterocycles. The second kappa shape index (κ2) is 9.65. The summed E-state index contributed by atoms with van der Waals surface area (Å²) in [5.74, 6) is -0.702. The Morgan fingerprint density at radius 2 is 1.84 bits per heavy atom. The summed E-state index contributed by atoms with van der Waals surface area (Å²) in [6.45, 7) is 2.66. The van der Waals surface area contributed by atoms with Crippen LogP contribution in [0, 0.1) is 0 Å². The lowest BCUT2D eigenvalue weighted by atomic mass is 9.98. The average Bonchev–Trinajstić information content (AvgIpc) is 3.17. The molecule has 1 saturated heterocycles. The van der Waals surface area contributed by atoms with Crippen molar-refractivity contribution in [3.8, 4) is 0 Å². The maximum absolute atomic E-state index is 12.9. The molecular weight excluding hydrogens is 410 g/mol. The molecule has 2 aromatic carbocycles. The third kappa shape index (κ3) is 4.50. The maximum atomic E-state index is 12.9. The molecule has 166 valence electrons. The van der Waals surface area contributed by atoms with Crippen molar-refractivity contribution >= 4 is 34.7 Å². The van der Waals surface area contributed by atoms with E-state index in [1.54, 1.807) is 23.1 Å². The van der Waals surface area contributed by atoms with Crippen LogP contribution >= 0.6 is 0 Å². The average molecular weight is 435 g/mol. The van der Waals surface area contributed by atoms with Crippen LogP contribution in [-0.2, 0) is 19.1 Å². The molecule has 2 aromatic rings. The standard InChI is InChI=1S/C24H25N3O5/c1-31-24(30)17-7-8-19-18(15-17)21(23(29)26-19)22(16-5-3-2-4-6-16)25-10-9-20(28)27-11-13-32-14-12-27/h2-8,15,25H,9-14H2,1H3,(H,26,29)/b22-21-. The van der Waals surface area contributed by atoms with Gasteiger partial charge < -0.3 is 25.0 Å². The topological polar surface area (TPSA) is 97.0 Å². The molecular formula is C24H25N3O5. The van der Waals surface area contributed by atoms with Crippen molar-refractivity contribution in [2.75, 3.05) is 45.3 Å². The largest absolute Gasteiger partial charge is 0.465 e. The van der Waals surface area contributed by atoms with E-state index in [0.717, 1.165) is 5.56 Å². The SMILES string of the molecule is COC(=O)c1ccc2c(c1)/C(=C(/NCCC(=O)N1CCOCC1)c1ccccc1)C(=O)N2. The maximum Gasteiger partial charge on any atom is 0.337 e. The monoisotopic (exact) mass is 435 g/mol. The number of carbonyl (C=O) groups excluding carboxylic acids is 3. The molecule has 4 rings (SSSR count). The Balaban J connectivity index is 1.64. The van der Waals surface area contributed by atoms with Gasteiger partial charge in [0.2, 0.25) is 5.91 Å². The molecule has 0 radical (unpaired) electrons. The molecule has 0 saturated carbocycles. The van der Waals surface area contributed by atoms with Crippen molar-refractivity contribution in [2.24, 2.45) is 0 Å². The van der Waals surface area contributed by atoms with E-state index in [0.29, 0.717) is 67.4 Å². The minimum Gasteiger partial charge on any atom is -0.465 e. The summed E-state index contributed by atoms with van der Waals surface area (Å²) in [4.78, 5) is 39.3. The van der Waals surface area contributed by atoms with E-state index in [1.807, 2.05) is 30.3 Å². The van der Waals surface area contributed by atoms with Gasteiger partial charge >= 0.3 is 5.97 Å². The number of benzene rings is 2. The molecule has 8 nitrogen and oxygen atoms in total. The number of hydrogen-bond acceptors (Lipinski definition) is 6. The third-order valence-corrected chi connectivity index (χ3v) is 5.50. The van der Waals surface area contributed by atoms with Gasteiger partial charge in [-0.2, -0.15) is 0 Å². The van der Waals surface area contributed by atoms with Gasteiger partial charge in [-0.3, -0.25) is 9.59 Å². The summed E-state index contributed by atoms with van der Waals surface area (Å²) in [5, 5.41) is 6.16. The van der Waals surface area contributed by atoms with E-state index in [2.05, 4.69) is 10.6 Å². The van der Waals surface area contributed by atoms with Gasteiger partial charge in [-0.15, -0.1) is 0 Å². The van der Waals surface area contributed by atoms with E-state index < -0.39 is 5.97 Å². The van der Waals surface area contributed by atoms with Crippen LogP contribution in [0.3, 0.4) is 0 Å². The molecule has 8 heteroatoms. The summed E-state index contributed by atoms with van der Waals surface area (Å²) in [7, 11) is 1.32. The molecule has 2 aliphatic rings. The Morgan fingerprint density at radius 3 is 2.56 bits per heavy atom. The fourth-order valence-electron chi connectivity index (χ4n) is 3.87. The predicted octanol–water partition coefficient (Wildman–Crippen LogP) is 2.13. The number of ether oxygens (including phenoxy) is 2. The van der Waals surface area contributed by atoms with Gasteiger partial charge in [0.1, 0.15) is 0 Å². The van der Waals surface area contributed by atoms with Crippen LogP contribution in [0.4, 0.5) is 5.69 Å². The van der Waals surface area contributed by atoms with Gasteiger partial charge in [0.15, 0.2) is 0 Å². The fraction of sp³-hybridized carbons (Fsp3) is 0.292. The van der Waals surface area contributed by atoms with Crippen molar-refractivity contribution < 1.29 is 23.9 Å². The van der Waals surface area contributed by atoms with E-state index >= 15 is 0 Å². The number of fused-ring (bicyclic) bond motifs is 1. The molecule has 2 aliphatic heterocycles. The quantitative estimate of drug-likeness (QED) is 0.533. The molecule has 2 amide bonds. The van der Waals surface area contributed by atoms with Gasteiger partial charge in [0.05, 0.1) is 37.2 Å². The predicted molar refractivity (Wildman–Crippen MR) is 120 cm³/mol. The molecule has 0 unspecified atom stereocenters. The molecule has 0 aliphatic carbocycles. The molecule has 0 atom stereocenters. The van der Waals surface area contributed by atoms with Gasteiger partial charge in [0.25, 0.3) is 5.91 Å². The lowest BCUT2D eigenvalue weighted by Crippen LogP contribution is -2.41. The Kier molecular flexibility index (Phi) is 6.51. The van der Waals surface area contributed by atoms with Crippen LogP contribution < -0.4 is 10.6 Å². The highest BCUT2D eigenvalue weighted by atomic mass is 16.5. The number of rotatable bonds is 6. The first-order valence-electron chi connectivity index (χ1n) is 10.5. The number of nitrogens with zero attached hydrogens (tertiary/aromatic N) is 1. The van der Waals surface area contributed by atoms with E-state index in [9.17, 15) is 14.4 Å². The number of methoxy groups -OCH3 is 1. The Bertz CT molecular complexity index is 1060. The molecule has 0 bridgehead atoms. The Labute approximate surface area is 186 Å². The zero-order valence-electron chi connectivity index (χ0n) is 17.8. The highest BCUT2D eigenvalue weighted by Crippen LogP contribution is 2.36. The minimum absolute atomic E-state index is 0.0439. The van der Waals surface area contributed by atoms with Gasteiger partial charge in [-0.05, 0) is 23.8 Å². The number of hydrogen-bond donors (Lipinski definition) is 2. The lowest BCUT2D eigenvalue weighted by molar-refractivity contribution is -0.135. The van der Waals surface area contributed by atoms with Crippen LogP contribution in [0.1, 0.15) is 27.9 Å². The lowest BCUT2D eigenvalue weighted by Gasteiger charge is -2.27. The molecule has 32 heavy (non-hydrogen) atoms. The summed E-state index contributed by atoms with van der Waals surface area (Å²) in [6.07, 6.45) is 0.292. The first-order chi connectivity index (χ1) is 15.6. The number of carbonyl (C=O) groups is 3. The highest BCUT2D eigenvalue weighted by Gasteiger charge is 2.29. The van der Waals surface area contributed by atoms with Crippen molar-refractivity contribution in [2.45, 2.75) is 6.42 Å². The minimum atomic E-state index is -0.475. The molecule has 2 N–H and O–H groups in total.